The summed E-state index contributed by atoms with van der Waals surface area (Å²) < 4.78 is 55.5. The maximum absolute atomic E-state index is 11.1. The van der Waals surface area contributed by atoms with E-state index in [0.29, 0.717) is 0 Å². The van der Waals surface area contributed by atoms with E-state index in [1.807, 2.05) is 0 Å². The van der Waals surface area contributed by atoms with E-state index in [9.17, 15) is 21.6 Å². The van der Waals surface area contributed by atoms with Crippen molar-refractivity contribution in [2.24, 2.45) is 0 Å². The fourth-order valence-corrected chi connectivity index (χ4v) is 0.557. The third kappa shape index (κ3) is 3.54. The van der Waals surface area contributed by atoms with Gasteiger partial charge in [-0.2, -0.15) is 24.9 Å². The van der Waals surface area contributed by atoms with Gasteiger partial charge in [0.15, 0.2) is 0 Å². The summed E-state index contributed by atoms with van der Waals surface area (Å²) in [5.41, 5.74) is -5.35. The molecule has 0 amide bonds. The zero-order valence-corrected chi connectivity index (χ0v) is 9.05. The van der Waals surface area contributed by atoms with E-state index >= 15 is 0 Å². The average Bonchev–Trinajstić information content (AvgIpc) is 1.64. The minimum absolute atomic E-state index is 0. The number of hydrogen-bond acceptors (Lipinski definition) is 3. The topological polar surface area (TPSA) is 43.4 Å². The van der Waals surface area contributed by atoms with Crippen molar-refractivity contribution < 1.29 is 55.8 Å². The third-order valence-electron chi connectivity index (χ3n) is 0.366. The second-order valence-electron chi connectivity index (χ2n) is 0.963. The van der Waals surface area contributed by atoms with Crippen LogP contribution in [0.2, 0.25) is 0 Å². The molecule has 0 saturated carbocycles. The Morgan fingerprint density at radius 1 is 1.40 bits per heavy atom. The Bertz CT molecular complexity index is 189. The molecule has 0 aromatic heterocycles. The van der Waals surface area contributed by atoms with Gasteiger partial charge in [-0.25, -0.2) is 0 Å². The largest absolute Gasteiger partial charge is 1.00 e. The summed E-state index contributed by atoms with van der Waals surface area (Å²) in [7, 11) is -5.42. The van der Waals surface area contributed by atoms with Crippen LogP contribution in [0, 0.1) is 0 Å². The van der Waals surface area contributed by atoms with Gasteiger partial charge in [-0.3, -0.25) is 0 Å². The van der Waals surface area contributed by atoms with Crippen LogP contribution in [0.1, 0.15) is 1.43 Å². The molecule has 0 aromatic rings. The second-order valence-corrected chi connectivity index (χ2v) is 3.25. The molecule has 0 aliphatic carbocycles. The van der Waals surface area contributed by atoms with Crippen LogP contribution < -0.4 is 29.6 Å². The first-order valence-corrected chi connectivity index (χ1v) is 3.48. The van der Waals surface area contributed by atoms with E-state index in [2.05, 4.69) is 3.27 Å². The van der Waals surface area contributed by atoms with Crippen LogP contribution in [0.4, 0.5) is 13.2 Å². The predicted molar refractivity (Wildman–Crippen MR) is 26.1 cm³/mol. The molecule has 0 atom stereocenters. The fourth-order valence-electron chi connectivity index (χ4n) is 0.0357. The first-order valence-electron chi connectivity index (χ1n) is 1.43. The molecule has 10 heavy (non-hydrogen) atoms. The SMILES string of the molecule is O=S(=O)(OBr)C(F)(F)F.[H-].[Na+]. The molecule has 0 heterocycles. The van der Waals surface area contributed by atoms with E-state index < -0.39 is 15.6 Å². The van der Waals surface area contributed by atoms with E-state index in [4.69, 9.17) is 0 Å². The van der Waals surface area contributed by atoms with Gasteiger partial charge in [0, 0.05) is 0 Å². The van der Waals surface area contributed by atoms with Crippen molar-refractivity contribution in [1.29, 1.82) is 0 Å². The van der Waals surface area contributed by atoms with Gasteiger partial charge in [-0.1, -0.05) is 0 Å². The summed E-state index contributed by atoms with van der Waals surface area (Å²) in [5.74, 6) is 0. The number of halogens is 4. The third-order valence-corrected chi connectivity index (χ3v) is 2.14. The molecule has 0 aromatic carbocycles. The molecule has 9 heteroatoms. The number of alkyl halides is 3. The summed E-state index contributed by atoms with van der Waals surface area (Å²) in [6.45, 7) is 0. The Kier molecular flexibility index (Phi) is 5.87. The Morgan fingerprint density at radius 2 is 1.70 bits per heavy atom. The molecule has 0 spiro atoms. The summed E-state index contributed by atoms with van der Waals surface area (Å²) in [5, 5.41) is 0. The molecule has 0 unspecified atom stereocenters. The van der Waals surface area contributed by atoms with Crippen LogP contribution in [0.3, 0.4) is 0 Å². The standard InChI is InChI=1S/CBrF3O3S.Na.H/c2-8-9(6,7)1(3,4)5;;/q;+1;-1. The van der Waals surface area contributed by atoms with Gasteiger partial charge in [0.2, 0.25) is 0 Å². The van der Waals surface area contributed by atoms with E-state index in [0.717, 1.165) is 0 Å². The Balaban J connectivity index is -0.000000320. The van der Waals surface area contributed by atoms with Crippen molar-refractivity contribution >= 4 is 26.4 Å². The minimum atomic E-state index is -5.42. The van der Waals surface area contributed by atoms with Crippen LogP contribution in [-0.4, -0.2) is 13.9 Å². The van der Waals surface area contributed by atoms with Crippen molar-refractivity contribution in [3.63, 3.8) is 0 Å². The van der Waals surface area contributed by atoms with Crippen molar-refractivity contribution in [3.05, 3.63) is 0 Å². The minimum Gasteiger partial charge on any atom is -1.00 e. The van der Waals surface area contributed by atoms with Crippen molar-refractivity contribution in [2.75, 3.05) is 0 Å². The normalized spacial score (nSPS) is 12.4. The van der Waals surface area contributed by atoms with Gasteiger partial charge in [0.25, 0.3) is 0 Å². The molecule has 0 aliphatic heterocycles. The molecule has 0 saturated heterocycles. The second kappa shape index (κ2) is 4.27. The van der Waals surface area contributed by atoms with Crippen LogP contribution in [0.15, 0.2) is 0 Å². The predicted octanol–water partition coefficient (Wildman–Crippen LogP) is -1.72. The maximum Gasteiger partial charge on any atom is 1.00 e. The van der Waals surface area contributed by atoms with Gasteiger partial charge in [0.05, 0.1) is 0 Å². The molecule has 3 nitrogen and oxygen atoms in total. The monoisotopic (exact) mass is 252 g/mol. The molecule has 0 rings (SSSR count). The first kappa shape index (κ1) is 13.7. The molecular formula is CHBrF3NaO3S. The zero-order chi connectivity index (χ0) is 7.71. The smallest absolute Gasteiger partial charge is 1.00 e. The average molecular weight is 253 g/mol. The molecule has 0 fully saturated rings. The molecular weight excluding hydrogens is 252 g/mol. The van der Waals surface area contributed by atoms with Crippen molar-refractivity contribution in [3.8, 4) is 0 Å². The fraction of sp³-hybridized carbons (Fsp3) is 1.00. The van der Waals surface area contributed by atoms with Gasteiger partial charge < -0.3 is 1.43 Å². The van der Waals surface area contributed by atoms with Crippen molar-refractivity contribution in [1.82, 2.24) is 0 Å². The van der Waals surface area contributed by atoms with E-state index in [-0.39, 0.29) is 31.0 Å². The molecule has 0 bridgehead atoms. The maximum atomic E-state index is 11.1. The van der Waals surface area contributed by atoms with Crippen molar-refractivity contribution in [2.45, 2.75) is 5.51 Å². The number of rotatable bonds is 1. The molecule has 0 radical (unpaired) electrons. The van der Waals surface area contributed by atoms with Gasteiger partial charge in [0.1, 0.15) is 16.3 Å². The zero-order valence-electron chi connectivity index (χ0n) is 5.64. The van der Waals surface area contributed by atoms with Crippen LogP contribution in [-0.2, 0) is 13.4 Å². The first-order chi connectivity index (χ1) is 3.81. The Morgan fingerprint density at radius 3 is 1.70 bits per heavy atom. The van der Waals surface area contributed by atoms with Crippen LogP contribution >= 0.6 is 16.3 Å². The number of hydrogen-bond donors (Lipinski definition) is 0. The van der Waals surface area contributed by atoms with Crippen LogP contribution in [0.25, 0.3) is 0 Å². The van der Waals surface area contributed by atoms with Crippen LogP contribution in [0.5, 0.6) is 0 Å². The van der Waals surface area contributed by atoms with Gasteiger partial charge in [-0.15, -0.1) is 0 Å². The summed E-state index contributed by atoms with van der Waals surface area (Å²) in [6.07, 6.45) is 0. The summed E-state index contributed by atoms with van der Waals surface area (Å²) in [4.78, 5) is 0. The van der Waals surface area contributed by atoms with Gasteiger partial charge in [-0.05, 0) is 0 Å². The summed E-state index contributed by atoms with van der Waals surface area (Å²) >= 11 is 1.70. The van der Waals surface area contributed by atoms with Gasteiger partial charge >= 0.3 is 45.2 Å². The van der Waals surface area contributed by atoms with E-state index in [1.54, 1.807) is 16.3 Å². The van der Waals surface area contributed by atoms with E-state index in [1.165, 1.54) is 0 Å². The molecule has 0 N–H and O–H groups in total. The molecule has 0 aliphatic rings. The quantitative estimate of drug-likeness (QED) is 0.412. The Labute approximate surface area is 87.3 Å². The summed E-state index contributed by atoms with van der Waals surface area (Å²) in [6, 6.07) is 0. The Hall–Kier alpha value is 1.18. The molecule has 58 valence electrons.